The lowest BCUT2D eigenvalue weighted by molar-refractivity contribution is 0.128. The van der Waals surface area contributed by atoms with Crippen molar-refractivity contribution in [1.29, 1.82) is 0 Å². The molecule has 2 atom stereocenters. The normalized spacial score (nSPS) is 13.7. The van der Waals surface area contributed by atoms with Gasteiger partial charge < -0.3 is 15.0 Å². The molecule has 0 saturated heterocycles. The van der Waals surface area contributed by atoms with E-state index in [1.807, 2.05) is 0 Å². The molecular formula is C5H14NO2P. The van der Waals surface area contributed by atoms with Crippen LogP contribution in [0.1, 0.15) is 0 Å². The largest absolute Gasteiger partial charge is 0.384 e. The molecule has 2 unspecified atom stereocenters. The summed E-state index contributed by atoms with van der Waals surface area (Å²) in [5, 5.41) is 0. The van der Waals surface area contributed by atoms with Crippen molar-refractivity contribution in [3.63, 3.8) is 0 Å². The molecule has 3 nitrogen and oxygen atoms in total. The van der Waals surface area contributed by atoms with Crippen LogP contribution < -0.4 is 5.73 Å². The van der Waals surface area contributed by atoms with Crippen LogP contribution in [0.3, 0.4) is 0 Å². The maximum atomic E-state index is 5.38. The van der Waals surface area contributed by atoms with Crippen LogP contribution in [-0.4, -0.2) is 26.9 Å². The van der Waals surface area contributed by atoms with Gasteiger partial charge in [-0.05, 0) is 6.54 Å². The fourth-order valence-corrected chi connectivity index (χ4v) is 0.828. The van der Waals surface area contributed by atoms with Crippen LogP contribution in [0.15, 0.2) is 0 Å². The van der Waals surface area contributed by atoms with Crippen LogP contribution >= 0.6 is 9.47 Å². The first-order chi connectivity index (χ1) is 4.35. The zero-order valence-electron chi connectivity index (χ0n) is 5.67. The summed E-state index contributed by atoms with van der Waals surface area (Å²) in [5.74, 6) is 0.326. The first kappa shape index (κ1) is 9.31. The number of methoxy groups -OCH3 is 1. The minimum absolute atomic E-state index is 0.326. The van der Waals surface area contributed by atoms with Gasteiger partial charge in [-0.25, -0.2) is 0 Å². The summed E-state index contributed by atoms with van der Waals surface area (Å²) in [5.41, 5.74) is 5.38. The second-order valence-electron chi connectivity index (χ2n) is 1.89. The van der Waals surface area contributed by atoms with Gasteiger partial charge in [0.15, 0.2) is 0 Å². The summed E-state index contributed by atoms with van der Waals surface area (Å²) in [4.78, 5) is 0. The zero-order valence-corrected chi connectivity index (χ0v) is 6.82. The summed E-state index contributed by atoms with van der Waals surface area (Å²) < 4.78 is 9.68. The quantitative estimate of drug-likeness (QED) is 0.563. The maximum Gasteiger partial charge on any atom is 0.0564 e. The zero-order chi connectivity index (χ0) is 7.11. The molecule has 0 spiro atoms. The van der Waals surface area contributed by atoms with Crippen molar-refractivity contribution >= 4 is 9.47 Å². The van der Waals surface area contributed by atoms with Gasteiger partial charge >= 0.3 is 0 Å². The van der Waals surface area contributed by atoms with E-state index in [9.17, 15) is 0 Å². The second-order valence-corrected chi connectivity index (χ2v) is 2.22. The molecule has 0 aromatic heterocycles. The molecule has 0 radical (unpaired) electrons. The average Bonchev–Trinajstić information content (AvgIpc) is 1.88. The van der Waals surface area contributed by atoms with Crippen LogP contribution in [0, 0.1) is 5.92 Å². The van der Waals surface area contributed by atoms with Gasteiger partial charge in [-0.1, -0.05) is 0 Å². The molecule has 0 amide bonds. The van der Waals surface area contributed by atoms with Crippen molar-refractivity contribution < 1.29 is 9.26 Å². The molecule has 4 heteroatoms. The number of hydrogen-bond donors (Lipinski definition) is 1. The second kappa shape index (κ2) is 6.43. The highest BCUT2D eigenvalue weighted by Crippen LogP contribution is 1.97. The average molecular weight is 151 g/mol. The van der Waals surface area contributed by atoms with Crippen LogP contribution in [0.25, 0.3) is 0 Å². The minimum atomic E-state index is 0.326. The van der Waals surface area contributed by atoms with Gasteiger partial charge in [-0.2, -0.15) is 0 Å². The van der Waals surface area contributed by atoms with Gasteiger partial charge in [-0.3, -0.25) is 0 Å². The van der Waals surface area contributed by atoms with Crippen molar-refractivity contribution in [3.8, 4) is 0 Å². The van der Waals surface area contributed by atoms with Crippen molar-refractivity contribution in [2.24, 2.45) is 11.7 Å². The standard InChI is InChI=1S/C5H14NO2P/c1-7-3-5(2-6)4-8-9/h5H,2-4,6,9H2,1H3. The van der Waals surface area contributed by atoms with E-state index in [4.69, 9.17) is 15.0 Å². The Labute approximate surface area is 58.2 Å². The molecule has 0 fully saturated rings. The SMILES string of the molecule is COCC(CN)COP. The Kier molecular flexibility index (Phi) is 6.65. The van der Waals surface area contributed by atoms with Gasteiger partial charge in [0.25, 0.3) is 0 Å². The Morgan fingerprint density at radius 1 is 1.56 bits per heavy atom. The molecule has 0 aromatic rings. The van der Waals surface area contributed by atoms with Crippen molar-refractivity contribution in [2.45, 2.75) is 0 Å². The van der Waals surface area contributed by atoms with Crippen molar-refractivity contribution in [3.05, 3.63) is 0 Å². The van der Waals surface area contributed by atoms with E-state index in [2.05, 4.69) is 9.47 Å². The molecule has 56 valence electrons. The number of ether oxygens (including phenoxy) is 1. The monoisotopic (exact) mass is 151 g/mol. The fraction of sp³-hybridized carbons (Fsp3) is 1.00. The summed E-state index contributed by atoms with van der Waals surface area (Å²) in [6.45, 7) is 1.93. The molecule has 9 heavy (non-hydrogen) atoms. The Morgan fingerprint density at radius 3 is 2.56 bits per heavy atom. The summed E-state index contributed by atoms with van der Waals surface area (Å²) >= 11 is 0. The molecule has 0 aliphatic rings. The third-order valence-electron chi connectivity index (χ3n) is 1.07. The smallest absolute Gasteiger partial charge is 0.0564 e. The summed E-state index contributed by atoms with van der Waals surface area (Å²) in [7, 11) is 3.85. The Bertz CT molecular complexity index is 56.9. The number of hydrogen-bond acceptors (Lipinski definition) is 3. The third-order valence-corrected chi connectivity index (χ3v) is 1.26. The van der Waals surface area contributed by atoms with E-state index >= 15 is 0 Å². The lowest BCUT2D eigenvalue weighted by Crippen LogP contribution is -2.22. The molecule has 0 heterocycles. The Balaban J connectivity index is 3.18. The summed E-state index contributed by atoms with van der Waals surface area (Å²) in [6.07, 6.45) is 0. The van der Waals surface area contributed by atoms with E-state index in [0.29, 0.717) is 25.7 Å². The Hall–Kier alpha value is 0.310. The molecular weight excluding hydrogens is 137 g/mol. The lowest BCUT2D eigenvalue weighted by Gasteiger charge is -2.10. The van der Waals surface area contributed by atoms with E-state index in [1.165, 1.54) is 0 Å². The van der Waals surface area contributed by atoms with Crippen LogP contribution in [0.4, 0.5) is 0 Å². The number of rotatable bonds is 5. The third kappa shape index (κ3) is 4.79. The van der Waals surface area contributed by atoms with E-state index in [1.54, 1.807) is 7.11 Å². The van der Waals surface area contributed by atoms with Gasteiger partial charge in [0.1, 0.15) is 0 Å². The summed E-state index contributed by atoms with van der Waals surface area (Å²) in [6, 6.07) is 0. The molecule has 0 rings (SSSR count). The first-order valence-electron chi connectivity index (χ1n) is 2.85. The molecule has 0 saturated carbocycles. The number of nitrogens with two attached hydrogens (primary N) is 1. The maximum absolute atomic E-state index is 5.38. The highest BCUT2D eigenvalue weighted by molar-refractivity contribution is 7.09. The van der Waals surface area contributed by atoms with Crippen molar-refractivity contribution in [2.75, 3.05) is 26.9 Å². The van der Waals surface area contributed by atoms with Crippen molar-refractivity contribution in [1.82, 2.24) is 0 Å². The first-order valence-corrected chi connectivity index (χ1v) is 3.33. The topological polar surface area (TPSA) is 44.5 Å². The minimum Gasteiger partial charge on any atom is -0.384 e. The highest BCUT2D eigenvalue weighted by atomic mass is 31.0. The van der Waals surface area contributed by atoms with Gasteiger partial charge in [-0.15, -0.1) is 0 Å². The van der Waals surface area contributed by atoms with E-state index in [-0.39, 0.29) is 0 Å². The van der Waals surface area contributed by atoms with E-state index < -0.39 is 0 Å². The molecule has 2 N–H and O–H groups in total. The predicted octanol–water partition coefficient (Wildman–Crippen LogP) is 0.0144. The molecule has 0 aliphatic carbocycles. The van der Waals surface area contributed by atoms with Crippen LogP contribution in [0.2, 0.25) is 0 Å². The predicted molar refractivity (Wildman–Crippen MR) is 40.1 cm³/mol. The highest BCUT2D eigenvalue weighted by Gasteiger charge is 2.03. The van der Waals surface area contributed by atoms with Crippen LogP contribution in [0.5, 0.6) is 0 Å². The molecule has 0 bridgehead atoms. The molecule has 0 aromatic carbocycles. The fourth-order valence-electron chi connectivity index (χ4n) is 0.556. The van der Waals surface area contributed by atoms with E-state index in [0.717, 1.165) is 0 Å². The Morgan fingerprint density at radius 2 is 2.22 bits per heavy atom. The van der Waals surface area contributed by atoms with Gasteiger partial charge in [0.05, 0.1) is 13.2 Å². The van der Waals surface area contributed by atoms with Crippen LogP contribution in [-0.2, 0) is 9.26 Å². The van der Waals surface area contributed by atoms with Gasteiger partial charge in [0, 0.05) is 22.5 Å². The lowest BCUT2D eigenvalue weighted by atomic mass is 10.2. The molecule has 0 aliphatic heterocycles. The van der Waals surface area contributed by atoms with Gasteiger partial charge in [0.2, 0.25) is 0 Å².